The molecule has 0 bridgehead atoms. The van der Waals surface area contributed by atoms with E-state index in [0.717, 1.165) is 18.9 Å². The third kappa shape index (κ3) is 1.63. The van der Waals surface area contributed by atoms with Gasteiger partial charge in [-0.3, -0.25) is 0 Å². The third-order valence-electron chi connectivity index (χ3n) is 3.69. The van der Waals surface area contributed by atoms with Crippen molar-refractivity contribution in [2.45, 2.75) is 25.2 Å². The molecule has 0 amide bonds. The molecule has 0 spiro atoms. The Balaban J connectivity index is 2.02. The zero-order chi connectivity index (χ0) is 11.0. The summed E-state index contributed by atoms with van der Waals surface area (Å²) in [6.45, 7) is 0.792. The molecule has 1 unspecified atom stereocenters. The molecular weight excluding hydrogens is 196 g/mol. The Bertz CT molecular complexity index is 482. The van der Waals surface area contributed by atoms with Crippen molar-refractivity contribution in [2.75, 3.05) is 6.54 Å². The number of para-hydroxylation sites is 1. The Labute approximate surface area is 95.8 Å². The zero-order valence-corrected chi connectivity index (χ0v) is 9.45. The lowest BCUT2D eigenvalue weighted by Gasteiger charge is -2.14. The molecule has 1 atom stereocenters. The smallest absolute Gasteiger partial charge is 0.0456 e. The van der Waals surface area contributed by atoms with E-state index in [4.69, 9.17) is 5.73 Å². The largest absolute Gasteiger partial charge is 0.361 e. The van der Waals surface area contributed by atoms with Crippen LogP contribution in [0.1, 0.15) is 30.7 Å². The van der Waals surface area contributed by atoms with Crippen molar-refractivity contribution in [2.24, 2.45) is 11.7 Å². The van der Waals surface area contributed by atoms with E-state index in [-0.39, 0.29) is 0 Å². The van der Waals surface area contributed by atoms with Crippen LogP contribution in [-0.2, 0) is 0 Å². The van der Waals surface area contributed by atoms with Crippen LogP contribution < -0.4 is 5.73 Å². The van der Waals surface area contributed by atoms with Crippen LogP contribution in [0.4, 0.5) is 0 Å². The fourth-order valence-corrected chi connectivity index (χ4v) is 2.72. The predicted octanol–water partition coefficient (Wildman–Crippen LogP) is 3.01. The highest BCUT2D eigenvalue weighted by Crippen LogP contribution is 2.45. The quantitative estimate of drug-likeness (QED) is 0.807. The molecule has 1 aliphatic carbocycles. The van der Waals surface area contributed by atoms with Gasteiger partial charge in [0, 0.05) is 17.1 Å². The summed E-state index contributed by atoms with van der Waals surface area (Å²) >= 11 is 0. The van der Waals surface area contributed by atoms with Crippen LogP contribution in [0.5, 0.6) is 0 Å². The van der Waals surface area contributed by atoms with Gasteiger partial charge < -0.3 is 10.7 Å². The van der Waals surface area contributed by atoms with Crippen LogP contribution in [-0.4, -0.2) is 11.5 Å². The van der Waals surface area contributed by atoms with Crippen molar-refractivity contribution >= 4 is 10.9 Å². The van der Waals surface area contributed by atoms with Gasteiger partial charge in [-0.25, -0.2) is 0 Å². The van der Waals surface area contributed by atoms with Gasteiger partial charge in [0.05, 0.1) is 0 Å². The summed E-state index contributed by atoms with van der Waals surface area (Å²) in [5.74, 6) is 1.55. The van der Waals surface area contributed by atoms with Crippen LogP contribution >= 0.6 is 0 Å². The minimum absolute atomic E-state index is 0.668. The Morgan fingerprint density at radius 2 is 2.12 bits per heavy atom. The standard InChI is InChI=1S/C14H18N2/c15-8-7-11(10-5-6-10)13-9-16-14-4-2-1-3-12(13)14/h1-4,9-11,16H,5-8,15H2. The number of aromatic nitrogens is 1. The van der Waals surface area contributed by atoms with Crippen LogP contribution in [0.3, 0.4) is 0 Å². The molecule has 3 N–H and O–H groups in total. The lowest BCUT2D eigenvalue weighted by atomic mass is 9.91. The average Bonchev–Trinajstić information content (AvgIpc) is 3.06. The molecule has 0 aliphatic heterocycles. The van der Waals surface area contributed by atoms with E-state index in [1.807, 2.05) is 0 Å². The molecule has 84 valence electrons. The molecule has 0 radical (unpaired) electrons. The second kappa shape index (κ2) is 3.95. The fourth-order valence-electron chi connectivity index (χ4n) is 2.72. The van der Waals surface area contributed by atoms with Gasteiger partial charge in [-0.1, -0.05) is 18.2 Å². The Morgan fingerprint density at radius 1 is 1.31 bits per heavy atom. The molecule has 1 aromatic carbocycles. The molecule has 16 heavy (non-hydrogen) atoms. The van der Waals surface area contributed by atoms with E-state index in [2.05, 4.69) is 35.4 Å². The van der Waals surface area contributed by atoms with Crippen LogP contribution in [0.15, 0.2) is 30.5 Å². The van der Waals surface area contributed by atoms with E-state index < -0.39 is 0 Å². The van der Waals surface area contributed by atoms with Gasteiger partial charge in [0.1, 0.15) is 0 Å². The molecular formula is C14H18N2. The molecule has 1 heterocycles. The van der Waals surface area contributed by atoms with Gasteiger partial charge in [-0.2, -0.15) is 0 Å². The van der Waals surface area contributed by atoms with E-state index in [9.17, 15) is 0 Å². The van der Waals surface area contributed by atoms with Crippen LogP contribution in [0, 0.1) is 5.92 Å². The normalized spacial score (nSPS) is 17.8. The van der Waals surface area contributed by atoms with Gasteiger partial charge in [0.25, 0.3) is 0 Å². The van der Waals surface area contributed by atoms with Gasteiger partial charge in [0.2, 0.25) is 0 Å². The van der Waals surface area contributed by atoms with Crippen molar-refractivity contribution in [3.05, 3.63) is 36.0 Å². The number of hydrogen-bond acceptors (Lipinski definition) is 1. The monoisotopic (exact) mass is 214 g/mol. The maximum absolute atomic E-state index is 5.73. The van der Waals surface area contributed by atoms with Gasteiger partial charge in [-0.05, 0) is 49.3 Å². The summed E-state index contributed by atoms with van der Waals surface area (Å²) in [5, 5.41) is 1.38. The lowest BCUT2D eigenvalue weighted by Crippen LogP contribution is -2.08. The van der Waals surface area contributed by atoms with E-state index >= 15 is 0 Å². The molecule has 1 fully saturated rings. The Kier molecular flexibility index (Phi) is 2.44. The van der Waals surface area contributed by atoms with Crippen LogP contribution in [0.2, 0.25) is 0 Å². The number of aromatic amines is 1. The summed E-state index contributed by atoms with van der Waals surface area (Å²) in [4.78, 5) is 3.37. The van der Waals surface area contributed by atoms with E-state index in [1.165, 1.54) is 29.3 Å². The summed E-state index contributed by atoms with van der Waals surface area (Å²) in [6, 6.07) is 8.56. The van der Waals surface area contributed by atoms with Crippen molar-refractivity contribution < 1.29 is 0 Å². The minimum Gasteiger partial charge on any atom is -0.361 e. The summed E-state index contributed by atoms with van der Waals surface area (Å²) in [7, 11) is 0. The van der Waals surface area contributed by atoms with Gasteiger partial charge in [-0.15, -0.1) is 0 Å². The topological polar surface area (TPSA) is 41.8 Å². The number of rotatable bonds is 4. The van der Waals surface area contributed by atoms with E-state index in [0.29, 0.717) is 5.92 Å². The Hall–Kier alpha value is -1.28. The van der Waals surface area contributed by atoms with Crippen molar-refractivity contribution in [1.29, 1.82) is 0 Å². The van der Waals surface area contributed by atoms with Crippen molar-refractivity contribution in [1.82, 2.24) is 4.98 Å². The molecule has 0 saturated heterocycles. The summed E-state index contributed by atoms with van der Waals surface area (Å²) in [5.41, 5.74) is 8.46. The second-order valence-electron chi connectivity index (χ2n) is 4.81. The summed E-state index contributed by atoms with van der Waals surface area (Å²) < 4.78 is 0. The number of hydrogen-bond donors (Lipinski definition) is 2. The molecule has 1 aliphatic rings. The number of nitrogens with two attached hydrogens (primary N) is 1. The van der Waals surface area contributed by atoms with Gasteiger partial charge >= 0.3 is 0 Å². The lowest BCUT2D eigenvalue weighted by molar-refractivity contribution is 0.569. The first-order valence-electron chi connectivity index (χ1n) is 6.16. The molecule has 1 saturated carbocycles. The third-order valence-corrected chi connectivity index (χ3v) is 3.69. The fraction of sp³-hybridized carbons (Fsp3) is 0.429. The first kappa shape index (κ1) is 9.91. The first-order chi connectivity index (χ1) is 7.90. The highest BCUT2D eigenvalue weighted by Gasteiger charge is 2.32. The zero-order valence-electron chi connectivity index (χ0n) is 9.45. The minimum atomic E-state index is 0.668. The highest BCUT2D eigenvalue weighted by molar-refractivity contribution is 5.83. The molecule has 3 rings (SSSR count). The molecule has 1 aromatic heterocycles. The molecule has 2 aromatic rings. The highest BCUT2D eigenvalue weighted by atomic mass is 14.7. The number of benzene rings is 1. The van der Waals surface area contributed by atoms with E-state index in [1.54, 1.807) is 0 Å². The van der Waals surface area contributed by atoms with Gasteiger partial charge in [0.15, 0.2) is 0 Å². The van der Waals surface area contributed by atoms with Crippen molar-refractivity contribution in [3.8, 4) is 0 Å². The maximum Gasteiger partial charge on any atom is 0.0456 e. The Morgan fingerprint density at radius 3 is 2.88 bits per heavy atom. The SMILES string of the molecule is NCCC(c1c[nH]c2ccccc12)C1CC1. The first-order valence-corrected chi connectivity index (χ1v) is 6.16. The summed E-state index contributed by atoms with van der Waals surface area (Å²) in [6.07, 6.45) is 6.06. The number of H-pyrrole nitrogens is 1. The van der Waals surface area contributed by atoms with Crippen LogP contribution in [0.25, 0.3) is 10.9 Å². The second-order valence-corrected chi connectivity index (χ2v) is 4.81. The van der Waals surface area contributed by atoms with Crippen molar-refractivity contribution in [3.63, 3.8) is 0 Å². The number of fused-ring (bicyclic) bond motifs is 1. The predicted molar refractivity (Wildman–Crippen MR) is 67.4 cm³/mol. The maximum atomic E-state index is 5.73. The number of nitrogens with one attached hydrogen (secondary N) is 1. The molecule has 2 heteroatoms. The molecule has 2 nitrogen and oxygen atoms in total. The average molecular weight is 214 g/mol.